The minimum absolute atomic E-state index is 0.00217. The number of ether oxygens (including phenoxy) is 2. The van der Waals surface area contributed by atoms with Crippen LogP contribution < -0.4 is 0 Å². The molecule has 2 aliphatic rings. The van der Waals surface area contributed by atoms with E-state index in [1.165, 1.54) is 19.3 Å². The van der Waals surface area contributed by atoms with Crippen molar-refractivity contribution in [3.63, 3.8) is 0 Å². The predicted molar refractivity (Wildman–Crippen MR) is 56.9 cm³/mol. The fourth-order valence-corrected chi connectivity index (χ4v) is 2.30. The lowest BCUT2D eigenvalue weighted by molar-refractivity contribution is -0.0743. The van der Waals surface area contributed by atoms with Crippen molar-refractivity contribution in [2.75, 3.05) is 39.5 Å². The van der Waals surface area contributed by atoms with Crippen molar-refractivity contribution in [3.8, 4) is 0 Å². The van der Waals surface area contributed by atoms with Gasteiger partial charge in [0.2, 0.25) is 0 Å². The highest BCUT2D eigenvalue weighted by molar-refractivity contribution is 4.75. The van der Waals surface area contributed by atoms with Gasteiger partial charge in [-0.25, -0.2) is 0 Å². The molecule has 0 saturated carbocycles. The molecule has 15 heavy (non-hydrogen) atoms. The molecular weight excluding hydrogens is 194 g/mol. The van der Waals surface area contributed by atoms with Gasteiger partial charge in [0, 0.05) is 26.2 Å². The number of aliphatic hydroxyl groups excluding tert-OH is 1. The van der Waals surface area contributed by atoms with Crippen LogP contribution in [0.25, 0.3) is 0 Å². The Bertz CT molecular complexity index is 183. The smallest absolute Gasteiger partial charge is 0.0932 e. The Hall–Kier alpha value is -0.160. The van der Waals surface area contributed by atoms with Gasteiger partial charge in [0.25, 0.3) is 0 Å². The monoisotopic (exact) mass is 215 g/mol. The molecule has 2 saturated heterocycles. The van der Waals surface area contributed by atoms with Crippen LogP contribution in [0.1, 0.15) is 19.3 Å². The number of aliphatic hydroxyl groups is 1. The normalized spacial score (nSPS) is 34.2. The molecule has 0 radical (unpaired) electrons. The maximum absolute atomic E-state index is 9.03. The Kier molecular flexibility index (Phi) is 4.38. The molecule has 0 aromatic rings. The van der Waals surface area contributed by atoms with E-state index in [0.717, 1.165) is 32.8 Å². The third kappa shape index (κ3) is 3.41. The third-order valence-electron chi connectivity index (χ3n) is 3.16. The zero-order valence-electron chi connectivity index (χ0n) is 9.23. The van der Waals surface area contributed by atoms with Crippen LogP contribution in [-0.2, 0) is 9.47 Å². The summed E-state index contributed by atoms with van der Waals surface area (Å²) in [6.45, 7) is 4.59. The van der Waals surface area contributed by atoms with Gasteiger partial charge in [-0.1, -0.05) is 0 Å². The summed E-state index contributed by atoms with van der Waals surface area (Å²) >= 11 is 0. The average molecular weight is 215 g/mol. The number of nitrogens with zero attached hydrogens (tertiary/aromatic N) is 1. The number of hydrogen-bond donors (Lipinski definition) is 1. The number of morpholine rings is 1. The van der Waals surface area contributed by atoms with Crippen molar-refractivity contribution in [1.82, 2.24) is 4.90 Å². The van der Waals surface area contributed by atoms with Gasteiger partial charge in [-0.2, -0.15) is 0 Å². The SMILES string of the molecule is OCC1CN(CC2CCCCO2)CCO1. The lowest BCUT2D eigenvalue weighted by Crippen LogP contribution is -2.47. The standard InChI is InChI=1S/C11H21NO3/c13-9-11-8-12(4-6-15-11)7-10-3-1-2-5-14-10/h10-11,13H,1-9H2. The molecule has 4 heteroatoms. The second-order valence-corrected chi connectivity index (χ2v) is 4.42. The Morgan fingerprint density at radius 1 is 1.13 bits per heavy atom. The second-order valence-electron chi connectivity index (χ2n) is 4.42. The summed E-state index contributed by atoms with van der Waals surface area (Å²) in [6, 6.07) is 0. The first-order valence-corrected chi connectivity index (χ1v) is 5.95. The molecule has 0 amide bonds. The van der Waals surface area contributed by atoms with E-state index in [1.807, 2.05) is 0 Å². The summed E-state index contributed by atoms with van der Waals surface area (Å²) in [4.78, 5) is 2.35. The van der Waals surface area contributed by atoms with Crippen LogP contribution in [-0.4, -0.2) is 61.7 Å². The predicted octanol–water partition coefficient (Wildman–Crippen LogP) is 0.249. The van der Waals surface area contributed by atoms with E-state index >= 15 is 0 Å². The maximum atomic E-state index is 9.03. The van der Waals surface area contributed by atoms with Gasteiger partial charge in [-0.05, 0) is 19.3 Å². The van der Waals surface area contributed by atoms with Gasteiger partial charge in [0.05, 0.1) is 25.4 Å². The van der Waals surface area contributed by atoms with Crippen LogP contribution in [0.2, 0.25) is 0 Å². The van der Waals surface area contributed by atoms with Crippen molar-refractivity contribution in [2.45, 2.75) is 31.5 Å². The van der Waals surface area contributed by atoms with Crippen molar-refractivity contribution in [2.24, 2.45) is 0 Å². The van der Waals surface area contributed by atoms with Gasteiger partial charge in [0.15, 0.2) is 0 Å². The van der Waals surface area contributed by atoms with Crippen molar-refractivity contribution in [1.29, 1.82) is 0 Å². The molecule has 4 nitrogen and oxygen atoms in total. The van der Waals surface area contributed by atoms with E-state index in [2.05, 4.69) is 4.90 Å². The molecule has 0 bridgehead atoms. The second kappa shape index (κ2) is 5.80. The molecule has 2 fully saturated rings. The van der Waals surface area contributed by atoms with Crippen molar-refractivity contribution >= 4 is 0 Å². The highest BCUT2D eigenvalue weighted by Crippen LogP contribution is 2.15. The van der Waals surface area contributed by atoms with E-state index in [0.29, 0.717) is 6.10 Å². The number of hydrogen-bond acceptors (Lipinski definition) is 4. The topological polar surface area (TPSA) is 41.9 Å². The Morgan fingerprint density at radius 2 is 2.00 bits per heavy atom. The summed E-state index contributed by atoms with van der Waals surface area (Å²) in [6.07, 6.45) is 4.08. The third-order valence-corrected chi connectivity index (χ3v) is 3.16. The first-order chi connectivity index (χ1) is 7.38. The van der Waals surface area contributed by atoms with E-state index in [1.54, 1.807) is 0 Å². The maximum Gasteiger partial charge on any atom is 0.0932 e. The van der Waals surface area contributed by atoms with E-state index in [-0.39, 0.29) is 12.7 Å². The minimum atomic E-state index is 0.00217. The van der Waals surface area contributed by atoms with Gasteiger partial charge < -0.3 is 14.6 Å². The van der Waals surface area contributed by atoms with Crippen LogP contribution >= 0.6 is 0 Å². The first kappa shape index (κ1) is 11.3. The van der Waals surface area contributed by atoms with Gasteiger partial charge in [0.1, 0.15) is 0 Å². The summed E-state index contributed by atoms with van der Waals surface area (Å²) in [5.74, 6) is 0. The molecule has 0 aromatic heterocycles. The lowest BCUT2D eigenvalue weighted by atomic mass is 10.1. The molecular formula is C11H21NO3. The van der Waals surface area contributed by atoms with E-state index < -0.39 is 0 Å². The largest absolute Gasteiger partial charge is 0.394 e. The van der Waals surface area contributed by atoms with Crippen LogP contribution in [0.4, 0.5) is 0 Å². The van der Waals surface area contributed by atoms with Gasteiger partial charge >= 0.3 is 0 Å². The van der Waals surface area contributed by atoms with Crippen LogP contribution in [0, 0.1) is 0 Å². The van der Waals surface area contributed by atoms with E-state index in [4.69, 9.17) is 14.6 Å². The fraction of sp³-hybridized carbons (Fsp3) is 1.00. The Balaban J connectivity index is 1.72. The fourth-order valence-electron chi connectivity index (χ4n) is 2.30. The quantitative estimate of drug-likeness (QED) is 0.732. The zero-order chi connectivity index (χ0) is 10.5. The highest BCUT2D eigenvalue weighted by Gasteiger charge is 2.23. The van der Waals surface area contributed by atoms with Crippen LogP contribution in [0.3, 0.4) is 0 Å². The van der Waals surface area contributed by atoms with Gasteiger partial charge in [-0.3, -0.25) is 4.90 Å². The minimum Gasteiger partial charge on any atom is -0.394 e. The molecule has 0 spiro atoms. The van der Waals surface area contributed by atoms with Crippen molar-refractivity contribution < 1.29 is 14.6 Å². The summed E-state index contributed by atoms with van der Waals surface area (Å²) in [5.41, 5.74) is 0. The van der Waals surface area contributed by atoms with Crippen molar-refractivity contribution in [3.05, 3.63) is 0 Å². The molecule has 2 aliphatic heterocycles. The lowest BCUT2D eigenvalue weighted by Gasteiger charge is -2.35. The molecule has 0 aliphatic carbocycles. The Morgan fingerprint density at radius 3 is 2.73 bits per heavy atom. The zero-order valence-corrected chi connectivity index (χ0v) is 9.23. The summed E-state index contributed by atoms with van der Waals surface area (Å²) in [7, 11) is 0. The molecule has 88 valence electrons. The van der Waals surface area contributed by atoms with Crippen LogP contribution in [0.5, 0.6) is 0 Å². The first-order valence-electron chi connectivity index (χ1n) is 5.95. The summed E-state index contributed by atoms with van der Waals surface area (Å²) < 4.78 is 11.1. The molecule has 2 atom stereocenters. The molecule has 1 N–H and O–H groups in total. The molecule has 0 aromatic carbocycles. The van der Waals surface area contributed by atoms with E-state index in [9.17, 15) is 0 Å². The molecule has 2 heterocycles. The molecule has 2 rings (SSSR count). The average Bonchev–Trinajstić information content (AvgIpc) is 2.31. The molecule has 2 unspecified atom stereocenters. The summed E-state index contributed by atoms with van der Waals surface area (Å²) in [5, 5.41) is 9.03. The highest BCUT2D eigenvalue weighted by atomic mass is 16.5. The number of rotatable bonds is 3. The Labute approximate surface area is 91.2 Å². The van der Waals surface area contributed by atoms with Gasteiger partial charge in [-0.15, -0.1) is 0 Å². The van der Waals surface area contributed by atoms with Crippen LogP contribution in [0.15, 0.2) is 0 Å².